The molecule has 0 spiro atoms. The van der Waals surface area contributed by atoms with Crippen molar-refractivity contribution in [1.82, 2.24) is 9.97 Å². The van der Waals surface area contributed by atoms with Gasteiger partial charge in [-0.3, -0.25) is 0 Å². The van der Waals surface area contributed by atoms with Crippen LogP contribution in [0, 0.1) is 12.8 Å². The average Bonchev–Trinajstić information content (AvgIpc) is 2.39. The molecule has 1 fully saturated rings. The summed E-state index contributed by atoms with van der Waals surface area (Å²) in [7, 11) is 1.76. The molecule has 0 aromatic carbocycles. The van der Waals surface area contributed by atoms with Crippen LogP contribution < -0.4 is 5.73 Å². The van der Waals surface area contributed by atoms with Crippen molar-refractivity contribution in [2.45, 2.75) is 58.5 Å². The van der Waals surface area contributed by atoms with Crippen molar-refractivity contribution >= 4 is 5.82 Å². The highest BCUT2D eigenvalue weighted by atomic mass is 16.5. The Kier molecular flexibility index (Phi) is 4.09. The van der Waals surface area contributed by atoms with E-state index in [1.165, 1.54) is 0 Å². The maximum Gasteiger partial charge on any atom is 0.162 e. The molecule has 0 amide bonds. The second-order valence-corrected chi connectivity index (χ2v) is 5.73. The number of ether oxygens (including phenoxy) is 1. The third kappa shape index (κ3) is 2.59. The van der Waals surface area contributed by atoms with Gasteiger partial charge >= 0.3 is 0 Å². The number of rotatable bonds is 3. The largest absolute Gasteiger partial charge is 0.383 e. The third-order valence-corrected chi connectivity index (χ3v) is 4.48. The first-order valence-electron chi connectivity index (χ1n) is 7.21. The van der Waals surface area contributed by atoms with Gasteiger partial charge in [0.2, 0.25) is 0 Å². The second-order valence-electron chi connectivity index (χ2n) is 5.73. The van der Waals surface area contributed by atoms with E-state index in [2.05, 4.69) is 23.8 Å². The van der Waals surface area contributed by atoms with Crippen molar-refractivity contribution in [3.05, 3.63) is 17.1 Å². The molecule has 0 aliphatic heterocycles. The van der Waals surface area contributed by atoms with E-state index < -0.39 is 0 Å². The van der Waals surface area contributed by atoms with E-state index in [-0.39, 0.29) is 5.60 Å². The molecule has 0 bridgehead atoms. The van der Waals surface area contributed by atoms with Crippen LogP contribution in [0.15, 0.2) is 0 Å². The minimum atomic E-state index is -0.336. The van der Waals surface area contributed by atoms with Gasteiger partial charge in [0.25, 0.3) is 0 Å². The zero-order valence-corrected chi connectivity index (χ0v) is 12.5. The molecule has 1 aliphatic rings. The van der Waals surface area contributed by atoms with Crippen molar-refractivity contribution in [2.24, 2.45) is 5.92 Å². The summed E-state index contributed by atoms with van der Waals surface area (Å²) >= 11 is 0. The zero-order chi connectivity index (χ0) is 14.0. The molecular weight excluding hydrogens is 238 g/mol. The second kappa shape index (κ2) is 5.45. The van der Waals surface area contributed by atoms with Gasteiger partial charge in [-0.1, -0.05) is 13.8 Å². The van der Waals surface area contributed by atoms with Gasteiger partial charge in [0, 0.05) is 18.4 Å². The van der Waals surface area contributed by atoms with E-state index in [0.717, 1.165) is 55.1 Å². The third-order valence-electron chi connectivity index (χ3n) is 4.48. The molecule has 4 nitrogen and oxygen atoms in total. The molecule has 4 heteroatoms. The Hall–Kier alpha value is -1.16. The van der Waals surface area contributed by atoms with Crippen LogP contribution >= 0.6 is 0 Å². The Bertz CT molecular complexity index is 428. The van der Waals surface area contributed by atoms with Crippen LogP contribution in [0.5, 0.6) is 0 Å². The number of anilines is 1. The number of methoxy groups -OCH3 is 1. The molecule has 0 unspecified atom stereocenters. The van der Waals surface area contributed by atoms with Crippen LogP contribution in [0.2, 0.25) is 0 Å². The van der Waals surface area contributed by atoms with Gasteiger partial charge < -0.3 is 10.5 Å². The highest BCUT2D eigenvalue weighted by molar-refractivity contribution is 5.42. The SMILES string of the molecule is CCc1c(C)nc(C2(OC)CCC(C)CC2)nc1N. The highest BCUT2D eigenvalue weighted by Gasteiger charge is 2.39. The fourth-order valence-electron chi connectivity index (χ4n) is 3.01. The van der Waals surface area contributed by atoms with E-state index >= 15 is 0 Å². The standard InChI is InChI=1S/C15H25N3O/c1-5-12-11(3)17-14(18-13(12)16)15(19-4)8-6-10(2)7-9-15/h10H,5-9H2,1-4H3,(H2,16,17,18). The topological polar surface area (TPSA) is 61.0 Å². The van der Waals surface area contributed by atoms with Gasteiger partial charge in [0.1, 0.15) is 11.4 Å². The van der Waals surface area contributed by atoms with Crippen LogP contribution in [0.3, 0.4) is 0 Å². The van der Waals surface area contributed by atoms with E-state index in [1.54, 1.807) is 7.11 Å². The molecule has 0 radical (unpaired) electrons. The van der Waals surface area contributed by atoms with Crippen molar-refractivity contribution in [3.8, 4) is 0 Å². The fraction of sp³-hybridized carbons (Fsp3) is 0.733. The molecular formula is C15H25N3O. The van der Waals surface area contributed by atoms with Crippen molar-refractivity contribution in [1.29, 1.82) is 0 Å². The molecule has 2 N–H and O–H groups in total. The highest BCUT2D eigenvalue weighted by Crippen LogP contribution is 2.41. The predicted molar refractivity (Wildman–Crippen MR) is 76.9 cm³/mol. The Morgan fingerprint density at radius 3 is 2.42 bits per heavy atom. The van der Waals surface area contributed by atoms with Crippen LogP contribution in [-0.2, 0) is 16.8 Å². The first kappa shape index (κ1) is 14.3. The number of aryl methyl sites for hydroxylation is 1. The summed E-state index contributed by atoms with van der Waals surface area (Å²) in [6.07, 6.45) is 5.15. The first-order valence-corrected chi connectivity index (χ1v) is 7.21. The Labute approximate surface area is 115 Å². The summed E-state index contributed by atoms with van der Waals surface area (Å²) < 4.78 is 5.82. The van der Waals surface area contributed by atoms with Gasteiger partial charge in [-0.2, -0.15) is 0 Å². The smallest absolute Gasteiger partial charge is 0.162 e. The lowest BCUT2D eigenvalue weighted by Crippen LogP contribution is -2.35. The van der Waals surface area contributed by atoms with Gasteiger partial charge in [0.15, 0.2) is 5.82 Å². The molecule has 1 heterocycles. The average molecular weight is 263 g/mol. The van der Waals surface area contributed by atoms with Gasteiger partial charge in [-0.15, -0.1) is 0 Å². The van der Waals surface area contributed by atoms with Crippen molar-refractivity contribution < 1.29 is 4.74 Å². The predicted octanol–water partition coefficient (Wildman–Crippen LogP) is 2.98. The maximum atomic E-state index is 6.07. The van der Waals surface area contributed by atoms with Crippen LogP contribution in [-0.4, -0.2) is 17.1 Å². The van der Waals surface area contributed by atoms with Gasteiger partial charge in [-0.05, 0) is 44.9 Å². The molecule has 1 aliphatic carbocycles. The molecule has 1 saturated carbocycles. The van der Waals surface area contributed by atoms with E-state index in [0.29, 0.717) is 5.82 Å². The minimum Gasteiger partial charge on any atom is -0.383 e. The first-order chi connectivity index (χ1) is 9.02. The molecule has 1 aromatic rings. The Morgan fingerprint density at radius 2 is 1.95 bits per heavy atom. The maximum absolute atomic E-state index is 6.07. The summed E-state index contributed by atoms with van der Waals surface area (Å²) in [5, 5.41) is 0. The summed E-state index contributed by atoms with van der Waals surface area (Å²) in [6.45, 7) is 6.38. The van der Waals surface area contributed by atoms with Crippen LogP contribution in [0.1, 0.15) is 56.6 Å². The minimum absolute atomic E-state index is 0.336. The number of nitrogens with two attached hydrogens (primary N) is 1. The summed E-state index contributed by atoms with van der Waals surface area (Å²) in [6, 6.07) is 0. The van der Waals surface area contributed by atoms with Gasteiger partial charge in [-0.25, -0.2) is 9.97 Å². The molecule has 2 rings (SSSR count). The van der Waals surface area contributed by atoms with E-state index in [1.807, 2.05) is 6.92 Å². The molecule has 1 aromatic heterocycles. The van der Waals surface area contributed by atoms with E-state index in [4.69, 9.17) is 10.5 Å². The van der Waals surface area contributed by atoms with Crippen molar-refractivity contribution in [3.63, 3.8) is 0 Å². The molecule has 106 valence electrons. The Balaban J connectivity index is 2.39. The summed E-state index contributed by atoms with van der Waals surface area (Å²) in [5.74, 6) is 2.14. The normalized spacial score (nSPS) is 27.5. The monoisotopic (exact) mass is 263 g/mol. The lowest BCUT2D eigenvalue weighted by atomic mass is 9.79. The summed E-state index contributed by atoms with van der Waals surface area (Å²) in [5.41, 5.74) is 7.78. The lowest BCUT2D eigenvalue weighted by Gasteiger charge is -2.37. The number of aromatic nitrogens is 2. The number of hydrogen-bond acceptors (Lipinski definition) is 4. The van der Waals surface area contributed by atoms with Crippen LogP contribution in [0.4, 0.5) is 5.82 Å². The Morgan fingerprint density at radius 1 is 1.32 bits per heavy atom. The van der Waals surface area contributed by atoms with Gasteiger partial charge in [0.05, 0.1) is 0 Å². The number of nitrogen functional groups attached to an aromatic ring is 1. The quantitative estimate of drug-likeness (QED) is 0.910. The zero-order valence-electron chi connectivity index (χ0n) is 12.5. The molecule has 0 saturated heterocycles. The summed E-state index contributed by atoms with van der Waals surface area (Å²) in [4.78, 5) is 9.22. The molecule has 19 heavy (non-hydrogen) atoms. The molecule has 0 atom stereocenters. The van der Waals surface area contributed by atoms with Crippen molar-refractivity contribution in [2.75, 3.05) is 12.8 Å². The number of hydrogen-bond donors (Lipinski definition) is 1. The number of nitrogens with zero attached hydrogens (tertiary/aromatic N) is 2. The lowest BCUT2D eigenvalue weighted by molar-refractivity contribution is -0.0597. The fourth-order valence-corrected chi connectivity index (χ4v) is 3.01. The van der Waals surface area contributed by atoms with Crippen LogP contribution in [0.25, 0.3) is 0 Å². The van der Waals surface area contributed by atoms with E-state index in [9.17, 15) is 0 Å².